The lowest BCUT2D eigenvalue weighted by atomic mass is 9.73. The summed E-state index contributed by atoms with van der Waals surface area (Å²) in [6.45, 7) is 2.86. The Labute approximate surface area is 127 Å². The molecular weight excluding hydrogens is 262 g/mol. The zero-order chi connectivity index (χ0) is 14.7. The number of carboxylic acids is 1. The van der Waals surface area contributed by atoms with Crippen molar-refractivity contribution in [2.45, 2.75) is 44.4 Å². The van der Waals surface area contributed by atoms with E-state index in [2.05, 4.69) is 4.90 Å². The number of likely N-dealkylation sites (tertiary alicyclic amines) is 1. The molecular formula is C18H25NO2. The van der Waals surface area contributed by atoms with Crippen LogP contribution in [0.1, 0.15) is 50.0 Å². The Hall–Kier alpha value is -1.35. The van der Waals surface area contributed by atoms with E-state index in [1.165, 1.54) is 38.5 Å². The van der Waals surface area contributed by atoms with Gasteiger partial charge in [-0.3, -0.25) is 4.79 Å². The highest BCUT2D eigenvalue weighted by Crippen LogP contribution is 2.43. The summed E-state index contributed by atoms with van der Waals surface area (Å²) in [5.41, 5.74) is 1.43. The number of carbonyl (C=O) groups is 1. The molecule has 21 heavy (non-hydrogen) atoms. The number of hydrogen-bond acceptors (Lipinski definition) is 2. The lowest BCUT2D eigenvalue weighted by molar-refractivity contribution is -0.140. The third-order valence-corrected chi connectivity index (χ3v) is 5.22. The van der Waals surface area contributed by atoms with Gasteiger partial charge in [-0.15, -0.1) is 0 Å². The van der Waals surface area contributed by atoms with Gasteiger partial charge in [0.05, 0.1) is 5.92 Å². The predicted molar refractivity (Wildman–Crippen MR) is 83.4 cm³/mol. The van der Waals surface area contributed by atoms with Crippen LogP contribution < -0.4 is 0 Å². The Balaban J connectivity index is 1.60. The maximum Gasteiger partial charge on any atom is 0.312 e. The number of benzene rings is 1. The van der Waals surface area contributed by atoms with Crippen molar-refractivity contribution in [2.75, 3.05) is 19.6 Å². The van der Waals surface area contributed by atoms with Gasteiger partial charge in [-0.2, -0.15) is 0 Å². The molecule has 1 aromatic rings. The molecule has 1 aromatic carbocycles. The Bertz CT molecular complexity index is 469. The van der Waals surface area contributed by atoms with Crippen LogP contribution in [0.5, 0.6) is 0 Å². The normalized spacial score (nSPS) is 23.2. The van der Waals surface area contributed by atoms with E-state index in [9.17, 15) is 9.90 Å². The van der Waals surface area contributed by atoms with Crippen molar-refractivity contribution in [1.29, 1.82) is 0 Å². The van der Waals surface area contributed by atoms with Crippen molar-refractivity contribution in [1.82, 2.24) is 4.90 Å². The maximum absolute atomic E-state index is 11.6. The fourth-order valence-electron chi connectivity index (χ4n) is 4.10. The summed E-state index contributed by atoms with van der Waals surface area (Å²) < 4.78 is 0. The number of hydrogen-bond donors (Lipinski definition) is 1. The van der Waals surface area contributed by atoms with Gasteiger partial charge in [-0.1, -0.05) is 56.0 Å². The van der Waals surface area contributed by atoms with E-state index in [0.717, 1.165) is 18.7 Å². The zero-order valence-electron chi connectivity index (χ0n) is 12.6. The van der Waals surface area contributed by atoms with E-state index in [4.69, 9.17) is 0 Å². The highest BCUT2D eigenvalue weighted by atomic mass is 16.4. The Kier molecular flexibility index (Phi) is 4.29. The molecule has 1 saturated heterocycles. The highest BCUT2D eigenvalue weighted by molar-refractivity contribution is 5.76. The van der Waals surface area contributed by atoms with Crippen molar-refractivity contribution in [3.8, 4) is 0 Å². The van der Waals surface area contributed by atoms with Crippen LogP contribution in [0.15, 0.2) is 30.3 Å². The Morgan fingerprint density at radius 3 is 2.29 bits per heavy atom. The van der Waals surface area contributed by atoms with Gasteiger partial charge in [0.1, 0.15) is 0 Å². The summed E-state index contributed by atoms with van der Waals surface area (Å²) in [6.07, 6.45) is 8.15. The van der Waals surface area contributed by atoms with Gasteiger partial charge in [-0.25, -0.2) is 0 Å². The van der Waals surface area contributed by atoms with E-state index in [-0.39, 0.29) is 0 Å². The SMILES string of the molecule is O=C(O)C(CN1CC2(CCCCCC2)C1)c1ccccc1. The van der Waals surface area contributed by atoms with Crippen molar-refractivity contribution in [2.24, 2.45) is 5.41 Å². The second-order valence-electron chi connectivity index (χ2n) is 6.89. The predicted octanol–water partition coefficient (Wildman–Crippen LogP) is 3.51. The monoisotopic (exact) mass is 287 g/mol. The molecule has 0 radical (unpaired) electrons. The third-order valence-electron chi connectivity index (χ3n) is 5.22. The summed E-state index contributed by atoms with van der Waals surface area (Å²) in [5.74, 6) is -1.10. The molecule has 3 nitrogen and oxygen atoms in total. The maximum atomic E-state index is 11.6. The van der Waals surface area contributed by atoms with Gasteiger partial charge in [0.2, 0.25) is 0 Å². The molecule has 1 heterocycles. The number of carboxylic acid groups (broad SMARTS) is 1. The highest BCUT2D eigenvalue weighted by Gasteiger charge is 2.43. The first kappa shape index (κ1) is 14.6. The molecule has 2 fully saturated rings. The molecule has 1 spiro atoms. The molecule has 1 N–H and O–H groups in total. The van der Waals surface area contributed by atoms with Crippen molar-refractivity contribution in [3.63, 3.8) is 0 Å². The molecule has 1 saturated carbocycles. The molecule has 3 heteroatoms. The minimum atomic E-state index is -0.706. The van der Waals surface area contributed by atoms with Crippen LogP contribution in [-0.2, 0) is 4.79 Å². The summed E-state index contributed by atoms with van der Waals surface area (Å²) in [4.78, 5) is 13.9. The number of rotatable bonds is 4. The summed E-state index contributed by atoms with van der Waals surface area (Å²) >= 11 is 0. The van der Waals surface area contributed by atoms with Crippen molar-refractivity contribution in [3.05, 3.63) is 35.9 Å². The molecule has 1 atom stereocenters. The molecule has 114 valence electrons. The minimum absolute atomic E-state index is 0.394. The fourth-order valence-corrected chi connectivity index (χ4v) is 4.10. The zero-order valence-corrected chi connectivity index (χ0v) is 12.6. The standard InChI is InChI=1S/C18H25NO2/c20-17(21)16(15-8-4-3-5-9-15)12-19-13-18(14-19)10-6-1-2-7-11-18/h3-5,8-9,16H,1-2,6-7,10-14H2,(H,20,21). The van der Waals surface area contributed by atoms with Crippen LogP contribution >= 0.6 is 0 Å². The fraction of sp³-hybridized carbons (Fsp3) is 0.611. The van der Waals surface area contributed by atoms with Gasteiger partial charge >= 0.3 is 5.97 Å². The van der Waals surface area contributed by atoms with E-state index >= 15 is 0 Å². The number of nitrogens with zero attached hydrogens (tertiary/aromatic N) is 1. The van der Waals surface area contributed by atoms with Crippen LogP contribution in [0.2, 0.25) is 0 Å². The molecule has 1 aliphatic heterocycles. The first-order valence-corrected chi connectivity index (χ1v) is 8.19. The molecule has 0 bridgehead atoms. The van der Waals surface area contributed by atoms with Crippen molar-refractivity contribution < 1.29 is 9.90 Å². The quantitative estimate of drug-likeness (QED) is 0.921. The van der Waals surface area contributed by atoms with E-state index in [1.807, 2.05) is 30.3 Å². The second kappa shape index (κ2) is 6.18. The Morgan fingerprint density at radius 2 is 1.71 bits per heavy atom. The minimum Gasteiger partial charge on any atom is -0.481 e. The largest absolute Gasteiger partial charge is 0.481 e. The molecule has 2 aliphatic rings. The summed E-state index contributed by atoms with van der Waals surface area (Å²) in [6, 6.07) is 9.65. The van der Waals surface area contributed by atoms with Gasteiger partial charge < -0.3 is 10.0 Å². The molecule has 3 rings (SSSR count). The molecule has 0 amide bonds. The van der Waals surface area contributed by atoms with Gasteiger partial charge in [-0.05, 0) is 23.8 Å². The van der Waals surface area contributed by atoms with E-state index in [0.29, 0.717) is 12.0 Å². The third kappa shape index (κ3) is 3.29. The van der Waals surface area contributed by atoms with Crippen LogP contribution in [0.4, 0.5) is 0 Å². The van der Waals surface area contributed by atoms with Gasteiger partial charge in [0, 0.05) is 19.6 Å². The van der Waals surface area contributed by atoms with Crippen molar-refractivity contribution >= 4 is 5.97 Å². The smallest absolute Gasteiger partial charge is 0.312 e. The second-order valence-corrected chi connectivity index (χ2v) is 6.89. The first-order valence-electron chi connectivity index (χ1n) is 8.19. The van der Waals surface area contributed by atoms with Crippen LogP contribution in [-0.4, -0.2) is 35.6 Å². The lowest BCUT2D eigenvalue weighted by Crippen LogP contribution is -2.57. The lowest BCUT2D eigenvalue weighted by Gasteiger charge is -2.51. The van der Waals surface area contributed by atoms with Crippen LogP contribution in [0, 0.1) is 5.41 Å². The van der Waals surface area contributed by atoms with E-state index in [1.54, 1.807) is 0 Å². The molecule has 1 aliphatic carbocycles. The van der Waals surface area contributed by atoms with Gasteiger partial charge in [0.25, 0.3) is 0 Å². The first-order chi connectivity index (χ1) is 10.2. The molecule has 0 aromatic heterocycles. The average Bonchev–Trinajstić information content (AvgIpc) is 2.70. The van der Waals surface area contributed by atoms with E-state index < -0.39 is 11.9 Å². The summed E-state index contributed by atoms with van der Waals surface area (Å²) in [7, 11) is 0. The topological polar surface area (TPSA) is 40.5 Å². The summed E-state index contributed by atoms with van der Waals surface area (Å²) in [5, 5.41) is 9.52. The molecule has 1 unspecified atom stereocenters. The van der Waals surface area contributed by atoms with Crippen LogP contribution in [0.3, 0.4) is 0 Å². The van der Waals surface area contributed by atoms with Crippen LogP contribution in [0.25, 0.3) is 0 Å². The average molecular weight is 287 g/mol. The van der Waals surface area contributed by atoms with Gasteiger partial charge in [0.15, 0.2) is 0 Å². The Morgan fingerprint density at radius 1 is 1.10 bits per heavy atom. The number of aliphatic carboxylic acids is 1.